The zero-order valence-electron chi connectivity index (χ0n) is 9.30. The summed E-state index contributed by atoms with van der Waals surface area (Å²) in [5.41, 5.74) is -1.21. The summed E-state index contributed by atoms with van der Waals surface area (Å²) in [5, 5.41) is 9.89. The minimum atomic E-state index is -0.956. The Hall–Kier alpha value is -0.410. The highest BCUT2D eigenvalue weighted by molar-refractivity contribution is 5.91. The Balaban J connectivity index is 3.03. The van der Waals surface area contributed by atoms with Crippen LogP contribution in [0.1, 0.15) is 41.5 Å². The van der Waals surface area contributed by atoms with Gasteiger partial charge in [-0.3, -0.25) is 4.99 Å². The fourth-order valence-electron chi connectivity index (χ4n) is 1.31. The highest BCUT2D eigenvalue weighted by Gasteiger charge is 2.50. The third kappa shape index (κ3) is 1.63. The molecule has 3 heteroatoms. The highest BCUT2D eigenvalue weighted by Crippen LogP contribution is 2.38. The van der Waals surface area contributed by atoms with Gasteiger partial charge in [0.25, 0.3) is 0 Å². The Labute approximate surface area is 79.8 Å². The SMILES string of the molecule is CC1=NC(C)(C(C)(C)O)OC1(C)C. The van der Waals surface area contributed by atoms with Gasteiger partial charge in [-0.05, 0) is 41.5 Å². The van der Waals surface area contributed by atoms with Crippen LogP contribution >= 0.6 is 0 Å². The van der Waals surface area contributed by atoms with Crippen LogP contribution in [0.3, 0.4) is 0 Å². The lowest BCUT2D eigenvalue weighted by Gasteiger charge is -2.36. The molecule has 0 aromatic carbocycles. The maximum atomic E-state index is 9.89. The number of hydrogen-bond acceptors (Lipinski definition) is 3. The van der Waals surface area contributed by atoms with Crippen LogP contribution in [0, 0.1) is 0 Å². The monoisotopic (exact) mass is 185 g/mol. The second-order valence-electron chi connectivity index (χ2n) is 4.85. The van der Waals surface area contributed by atoms with Gasteiger partial charge in [0.15, 0.2) is 5.72 Å². The van der Waals surface area contributed by atoms with Crippen molar-refractivity contribution in [3.8, 4) is 0 Å². The molecule has 13 heavy (non-hydrogen) atoms. The number of ether oxygens (including phenoxy) is 1. The van der Waals surface area contributed by atoms with Crippen molar-refractivity contribution in [2.75, 3.05) is 0 Å². The summed E-state index contributed by atoms with van der Waals surface area (Å²) < 4.78 is 5.76. The van der Waals surface area contributed by atoms with E-state index in [1.165, 1.54) is 0 Å². The van der Waals surface area contributed by atoms with E-state index < -0.39 is 11.3 Å². The smallest absolute Gasteiger partial charge is 0.185 e. The molecular weight excluding hydrogens is 166 g/mol. The average molecular weight is 185 g/mol. The lowest BCUT2D eigenvalue weighted by Crippen LogP contribution is -2.48. The minimum Gasteiger partial charge on any atom is -0.385 e. The summed E-state index contributed by atoms with van der Waals surface area (Å²) in [6, 6.07) is 0. The molecule has 0 saturated heterocycles. The van der Waals surface area contributed by atoms with Gasteiger partial charge in [0.05, 0.1) is 0 Å². The van der Waals surface area contributed by atoms with Gasteiger partial charge in [-0.1, -0.05) is 0 Å². The second kappa shape index (κ2) is 2.55. The minimum absolute atomic E-state index is 0.366. The first-order chi connectivity index (χ1) is 5.58. The number of aliphatic hydroxyl groups is 1. The molecule has 1 aliphatic heterocycles. The molecule has 0 fully saturated rings. The molecule has 0 aromatic heterocycles. The van der Waals surface area contributed by atoms with Gasteiger partial charge in [0.1, 0.15) is 11.2 Å². The van der Waals surface area contributed by atoms with Crippen LogP contribution in [0.15, 0.2) is 4.99 Å². The number of hydrogen-bond donors (Lipinski definition) is 1. The summed E-state index contributed by atoms with van der Waals surface area (Å²) in [4.78, 5) is 4.39. The molecule has 1 atom stereocenters. The molecule has 0 spiro atoms. The van der Waals surface area contributed by atoms with E-state index in [9.17, 15) is 5.11 Å². The predicted octanol–water partition coefficient (Wildman–Crippen LogP) is 1.74. The second-order valence-corrected chi connectivity index (χ2v) is 4.85. The lowest BCUT2D eigenvalue weighted by molar-refractivity contribution is -0.173. The number of rotatable bonds is 1. The molecule has 0 bridgehead atoms. The molecule has 1 heterocycles. The maximum Gasteiger partial charge on any atom is 0.185 e. The molecule has 0 saturated carbocycles. The van der Waals surface area contributed by atoms with Crippen LogP contribution in [-0.4, -0.2) is 27.7 Å². The van der Waals surface area contributed by atoms with Crippen molar-refractivity contribution >= 4 is 5.71 Å². The molecule has 0 aromatic rings. The predicted molar refractivity (Wildman–Crippen MR) is 53.0 cm³/mol. The standard InChI is InChI=1S/C10H19NO2/c1-7-8(2,3)13-10(6,11-7)9(4,5)12/h12H,1-6H3. The molecule has 3 nitrogen and oxygen atoms in total. The Bertz CT molecular complexity index is 250. The molecule has 0 aliphatic carbocycles. The number of aliphatic imine (C=N–C) groups is 1. The molecule has 0 amide bonds. The van der Waals surface area contributed by atoms with E-state index in [1.807, 2.05) is 27.7 Å². The van der Waals surface area contributed by atoms with Crippen molar-refractivity contribution in [2.45, 2.75) is 58.5 Å². The fraction of sp³-hybridized carbons (Fsp3) is 0.900. The van der Waals surface area contributed by atoms with Crippen molar-refractivity contribution in [3.05, 3.63) is 0 Å². The van der Waals surface area contributed by atoms with E-state index >= 15 is 0 Å². The van der Waals surface area contributed by atoms with E-state index in [-0.39, 0.29) is 5.60 Å². The largest absolute Gasteiger partial charge is 0.385 e. The van der Waals surface area contributed by atoms with Crippen LogP contribution in [-0.2, 0) is 4.74 Å². The summed E-state index contributed by atoms with van der Waals surface area (Å²) in [6.45, 7) is 11.1. The van der Waals surface area contributed by atoms with Crippen molar-refractivity contribution in [1.29, 1.82) is 0 Å². The maximum absolute atomic E-state index is 9.89. The molecule has 1 unspecified atom stereocenters. The summed E-state index contributed by atoms with van der Waals surface area (Å²) in [6.07, 6.45) is 0. The van der Waals surface area contributed by atoms with E-state index in [0.29, 0.717) is 0 Å². The normalized spacial score (nSPS) is 33.3. The van der Waals surface area contributed by atoms with E-state index in [0.717, 1.165) is 5.71 Å². The van der Waals surface area contributed by atoms with Crippen LogP contribution in [0.4, 0.5) is 0 Å². The third-order valence-electron chi connectivity index (χ3n) is 2.84. The quantitative estimate of drug-likeness (QED) is 0.676. The first-order valence-electron chi connectivity index (χ1n) is 4.58. The zero-order valence-corrected chi connectivity index (χ0v) is 9.30. The lowest BCUT2D eigenvalue weighted by atomic mass is 9.97. The highest BCUT2D eigenvalue weighted by atomic mass is 16.6. The van der Waals surface area contributed by atoms with Gasteiger partial charge in [-0.25, -0.2) is 0 Å². The van der Waals surface area contributed by atoms with Gasteiger partial charge >= 0.3 is 0 Å². The molecule has 1 N–H and O–H groups in total. The summed E-state index contributed by atoms with van der Waals surface area (Å²) in [5.74, 6) is 0. The van der Waals surface area contributed by atoms with Gasteiger partial charge in [-0.15, -0.1) is 0 Å². The summed E-state index contributed by atoms with van der Waals surface area (Å²) in [7, 11) is 0. The molecule has 1 rings (SSSR count). The Kier molecular flexibility index (Phi) is 2.09. The van der Waals surface area contributed by atoms with Gasteiger partial charge in [0, 0.05) is 5.71 Å². The van der Waals surface area contributed by atoms with Crippen molar-refractivity contribution in [1.82, 2.24) is 0 Å². The topological polar surface area (TPSA) is 41.8 Å². The zero-order chi connectivity index (χ0) is 10.5. The van der Waals surface area contributed by atoms with Crippen molar-refractivity contribution in [3.63, 3.8) is 0 Å². The average Bonchev–Trinajstić information content (AvgIpc) is 2.01. The Morgan fingerprint density at radius 2 is 1.77 bits per heavy atom. The first-order valence-corrected chi connectivity index (χ1v) is 4.58. The first kappa shape index (κ1) is 10.7. The van der Waals surface area contributed by atoms with E-state index in [2.05, 4.69) is 4.99 Å². The number of nitrogens with zero attached hydrogens (tertiary/aromatic N) is 1. The molecule has 76 valence electrons. The third-order valence-corrected chi connectivity index (χ3v) is 2.84. The van der Waals surface area contributed by atoms with Gasteiger partial charge in [0.2, 0.25) is 0 Å². The van der Waals surface area contributed by atoms with Crippen LogP contribution in [0.5, 0.6) is 0 Å². The van der Waals surface area contributed by atoms with Gasteiger partial charge in [-0.2, -0.15) is 0 Å². The van der Waals surface area contributed by atoms with E-state index in [1.54, 1.807) is 13.8 Å². The molecule has 1 aliphatic rings. The van der Waals surface area contributed by atoms with Crippen molar-refractivity contribution < 1.29 is 9.84 Å². The molecular formula is C10H19NO2. The summed E-state index contributed by atoms with van der Waals surface area (Å²) >= 11 is 0. The van der Waals surface area contributed by atoms with Gasteiger partial charge < -0.3 is 9.84 Å². The van der Waals surface area contributed by atoms with Crippen LogP contribution < -0.4 is 0 Å². The fourth-order valence-corrected chi connectivity index (χ4v) is 1.31. The van der Waals surface area contributed by atoms with Crippen LogP contribution in [0.25, 0.3) is 0 Å². The van der Waals surface area contributed by atoms with Crippen LogP contribution in [0.2, 0.25) is 0 Å². The Morgan fingerprint density at radius 1 is 1.31 bits per heavy atom. The Morgan fingerprint density at radius 3 is 1.92 bits per heavy atom. The van der Waals surface area contributed by atoms with Crippen molar-refractivity contribution in [2.24, 2.45) is 4.99 Å². The van der Waals surface area contributed by atoms with E-state index in [4.69, 9.17) is 4.74 Å². The molecule has 0 radical (unpaired) electrons.